The number of aromatic nitrogens is 1. The first-order valence-electron chi connectivity index (χ1n) is 8.26. The minimum Gasteiger partial charge on any atom is -0.493 e. The Bertz CT molecular complexity index is 778. The third kappa shape index (κ3) is 3.13. The van der Waals surface area contributed by atoms with E-state index in [1.807, 2.05) is 42.5 Å². The number of aliphatic hydroxyl groups excluding tert-OH is 1. The standard InChI is InChI=1S/C19H20N2O4/c1-23-16-8-12(9-17-19(16)25-11-24-17)14-10-13(22)5-6-15(14)21-18-4-2-3-7-20-18/h2-9,13-15,22H,10-11H2,1H3,(H,20,21)/t13-,14-,15+/m1/s1. The zero-order valence-corrected chi connectivity index (χ0v) is 13.9. The SMILES string of the molecule is COc1cc([C@H]2C[C@H](O)C=C[C@@H]2Nc2ccccn2)cc2c1OCO2. The summed E-state index contributed by atoms with van der Waals surface area (Å²) in [5, 5.41) is 13.6. The number of methoxy groups -OCH3 is 1. The van der Waals surface area contributed by atoms with Gasteiger partial charge >= 0.3 is 0 Å². The molecule has 0 amide bonds. The van der Waals surface area contributed by atoms with Crippen LogP contribution in [0.2, 0.25) is 0 Å². The molecule has 0 fully saturated rings. The van der Waals surface area contributed by atoms with Crippen LogP contribution in [0, 0.1) is 0 Å². The second kappa shape index (κ2) is 6.64. The van der Waals surface area contributed by atoms with Gasteiger partial charge in [0, 0.05) is 12.1 Å². The van der Waals surface area contributed by atoms with Crippen molar-refractivity contribution in [1.82, 2.24) is 4.98 Å². The Labute approximate surface area is 146 Å². The molecule has 1 aromatic carbocycles. The fraction of sp³-hybridized carbons (Fsp3) is 0.316. The summed E-state index contributed by atoms with van der Waals surface area (Å²) < 4.78 is 16.5. The number of hydrogen-bond donors (Lipinski definition) is 2. The first-order valence-corrected chi connectivity index (χ1v) is 8.26. The number of nitrogens with zero attached hydrogens (tertiary/aromatic N) is 1. The van der Waals surface area contributed by atoms with Crippen LogP contribution in [0.4, 0.5) is 5.82 Å². The highest BCUT2D eigenvalue weighted by molar-refractivity contribution is 5.56. The van der Waals surface area contributed by atoms with Gasteiger partial charge in [-0.2, -0.15) is 0 Å². The first-order chi connectivity index (χ1) is 12.2. The van der Waals surface area contributed by atoms with E-state index in [1.165, 1.54) is 0 Å². The number of nitrogens with one attached hydrogen (secondary N) is 1. The molecule has 0 unspecified atom stereocenters. The summed E-state index contributed by atoms with van der Waals surface area (Å²) >= 11 is 0. The van der Waals surface area contributed by atoms with Gasteiger partial charge in [0.2, 0.25) is 12.5 Å². The van der Waals surface area contributed by atoms with Gasteiger partial charge < -0.3 is 24.6 Å². The van der Waals surface area contributed by atoms with E-state index in [9.17, 15) is 5.11 Å². The fourth-order valence-corrected chi connectivity index (χ4v) is 3.34. The van der Waals surface area contributed by atoms with E-state index in [2.05, 4.69) is 10.3 Å². The van der Waals surface area contributed by atoms with Crippen molar-refractivity contribution in [3.8, 4) is 17.2 Å². The maximum absolute atomic E-state index is 10.1. The molecule has 2 heterocycles. The third-order valence-corrected chi connectivity index (χ3v) is 4.56. The predicted molar refractivity (Wildman–Crippen MR) is 93.3 cm³/mol. The summed E-state index contributed by atoms with van der Waals surface area (Å²) in [6.45, 7) is 0.192. The molecule has 1 aliphatic carbocycles. The Balaban J connectivity index is 1.68. The zero-order chi connectivity index (χ0) is 17.2. The Morgan fingerprint density at radius 1 is 1.24 bits per heavy atom. The molecule has 25 heavy (non-hydrogen) atoms. The lowest BCUT2D eigenvalue weighted by Crippen LogP contribution is -2.32. The van der Waals surface area contributed by atoms with Crippen molar-refractivity contribution in [3.05, 3.63) is 54.2 Å². The first kappa shape index (κ1) is 15.8. The van der Waals surface area contributed by atoms with Crippen molar-refractivity contribution in [1.29, 1.82) is 0 Å². The van der Waals surface area contributed by atoms with Crippen molar-refractivity contribution in [2.75, 3.05) is 19.2 Å². The van der Waals surface area contributed by atoms with Crippen molar-refractivity contribution in [2.45, 2.75) is 24.5 Å². The molecule has 3 atom stereocenters. The molecule has 0 radical (unpaired) electrons. The van der Waals surface area contributed by atoms with Gasteiger partial charge in [0.25, 0.3) is 0 Å². The Kier molecular flexibility index (Phi) is 4.19. The van der Waals surface area contributed by atoms with Crippen LogP contribution in [0.25, 0.3) is 0 Å². The number of hydrogen-bond acceptors (Lipinski definition) is 6. The number of fused-ring (bicyclic) bond motifs is 1. The number of benzene rings is 1. The fourth-order valence-electron chi connectivity index (χ4n) is 3.34. The number of ether oxygens (including phenoxy) is 3. The molecular formula is C19H20N2O4. The van der Waals surface area contributed by atoms with Gasteiger partial charge in [-0.25, -0.2) is 4.98 Å². The van der Waals surface area contributed by atoms with Gasteiger partial charge in [-0.3, -0.25) is 0 Å². The highest BCUT2D eigenvalue weighted by atomic mass is 16.7. The second-order valence-corrected chi connectivity index (χ2v) is 6.14. The topological polar surface area (TPSA) is 72.8 Å². The normalized spacial score (nSPS) is 24.2. The van der Waals surface area contributed by atoms with Crippen LogP contribution in [0.5, 0.6) is 17.2 Å². The van der Waals surface area contributed by atoms with Crippen molar-refractivity contribution >= 4 is 5.82 Å². The molecule has 0 saturated heterocycles. The summed E-state index contributed by atoms with van der Waals surface area (Å²) in [5.41, 5.74) is 1.03. The molecule has 6 heteroatoms. The van der Waals surface area contributed by atoms with E-state index >= 15 is 0 Å². The Morgan fingerprint density at radius 3 is 2.96 bits per heavy atom. The molecule has 0 spiro atoms. The monoisotopic (exact) mass is 340 g/mol. The molecular weight excluding hydrogens is 320 g/mol. The smallest absolute Gasteiger partial charge is 0.231 e. The largest absolute Gasteiger partial charge is 0.493 e. The van der Waals surface area contributed by atoms with Gasteiger partial charge in [0.05, 0.1) is 19.3 Å². The quantitative estimate of drug-likeness (QED) is 0.834. The van der Waals surface area contributed by atoms with Crippen molar-refractivity contribution in [3.63, 3.8) is 0 Å². The molecule has 0 bridgehead atoms. The summed E-state index contributed by atoms with van der Waals surface area (Å²) in [4.78, 5) is 4.33. The number of pyridine rings is 1. The van der Waals surface area contributed by atoms with Crippen LogP contribution in [-0.4, -0.2) is 36.1 Å². The van der Waals surface area contributed by atoms with E-state index in [0.29, 0.717) is 23.7 Å². The number of aliphatic hydroxyl groups is 1. The lowest BCUT2D eigenvalue weighted by atomic mass is 9.82. The number of rotatable bonds is 4. The maximum Gasteiger partial charge on any atom is 0.231 e. The molecule has 6 nitrogen and oxygen atoms in total. The van der Waals surface area contributed by atoms with Crippen LogP contribution in [-0.2, 0) is 0 Å². The second-order valence-electron chi connectivity index (χ2n) is 6.14. The average molecular weight is 340 g/mol. The van der Waals surface area contributed by atoms with Crippen LogP contribution >= 0.6 is 0 Å². The summed E-state index contributed by atoms with van der Waals surface area (Å²) in [5.74, 6) is 2.80. The minimum atomic E-state index is -0.483. The Morgan fingerprint density at radius 2 is 2.16 bits per heavy atom. The summed E-state index contributed by atoms with van der Waals surface area (Å²) in [6, 6.07) is 9.67. The van der Waals surface area contributed by atoms with Gasteiger partial charge in [-0.1, -0.05) is 18.2 Å². The van der Waals surface area contributed by atoms with Gasteiger partial charge in [-0.05, 0) is 36.2 Å². The van der Waals surface area contributed by atoms with E-state index in [0.717, 1.165) is 11.4 Å². The predicted octanol–water partition coefficient (Wildman–Crippen LogP) is 2.70. The van der Waals surface area contributed by atoms with Gasteiger partial charge in [0.15, 0.2) is 11.5 Å². The summed E-state index contributed by atoms with van der Waals surface area (Å²) in [6.07, 6.45) is 5.68. The molecule has 4 rings (SSSR count). The minimum absolute atomic E-state index is 0.00313. The van der Waals surface area contributed by atoms with Crippen LogP contribution in [0.3, 0.4) is 0 Å². The average Bonchev–Trinajstić information content (AvgIpc) is 3.12. The van der Waals surface area contributed by atoms with E-state index in [4.69, 9.17) is 14.2 Å². The highest BCUT2D eigenvalue weighted by Crippen LogP contribution is 2.45. The van der Waals surface area contributed by atoms with Crippen LogP contribution in [0.15, 0.2) is 48.7 Å². The highest BCUT2D eigenvalue weighted by Gasteiger charge is 2.30. The van der Waals surface area contributed by atoms with Crippen LogP contribution < -0.4 is 19.5 Å². The maximum atomic E-state index is 10.1. The summed E-state index contributed by atoms with van der Waals surface area (Å²) in [7, 11) is 1.61. The molecule has 0 saturated carbocycles. The molecule has 1 aliphatic heterocycles. The lowest BCUT2D eigenvalue weighted by Gasteiger charge is -2.31. The van der Waals surface area contributed by atoms with E-state index in [-0.39, 0.29) is 18.8 Å². The molecule has 1 aromatic heterocycles. The molecule has 2 aliphatic rings. The Hall–Kier alpha value is -2.73. The molecule has 2 N–H and O–H groups in total. The third-order valence-electron chi connectivity index (χ3n) is 4.56. The van der Waals surface area contributed by atoms with Gasteiger partial charge in [0.1, 0.15) is 5.82 Å². The van der Waals surface area contributed by atoms with Crippen molar-refractivity contribution < 1.29 is 19.3 Å². The van der Waals surface area contributed by atoms with E-state index in [1.54, 1.807) is 13.3 Å². The van der Waals surface area contributed by atoms with E-state index < -0.39 is 6.10 Å². The molecule has 2 aromatic rings. The lowest BCUT2D eigenvalue weighted by molar-refractivity contribution is 0.171. The van der Waals surface area contributed by atoms with Crippen LogP contribution in [0.1, 0.15) is 17.9 Å². The number of anilines is 1. The zero-order valence-electron chi connectivity index (χ0n) is 13.9. The van der Waals surface area contributed by atoms with Gasteiger partial charge in [-0.15, -0.1) is 0 Å². The molecule has 130 valence electrons. The van der Waals surface area contributed by atoms with Crippen molar-refractivity contribution in [2.24, 2.45) is 0 Å².